The largest absolute Gasteiger partial charge is 0.313 e. The SMILES string of the molecule is CCc1cccc(CC)c1-n1nnnc1CNC. The van der Waals surface area contributed by atoms with Crippen LogP contribution in [0.5, 0.6) is 0 Å². The Morgan fingerprint density at radius 1 is 1.17 bits per heavy atom. The van der Waals surface area contributed by atoms with Crippen LogP contribution >= 0.6 is 0 Å². The molecule has 96 valence electrons. The molecule has 0 bridgehead atoms. The van der Waals surface area contributed by atoms with Gasteiger partial charge in [-0.3, -0.25) is 0 Å². The van der Waals surface area contributed by atoms with Crippen LogP contribution < -0.4 is 5.32 Å². The zero-order valence-electron chi connectivity index (χ0n) is 11.1. The predicted octanol–water partition coefficient (Wildman–Crippen LogP) is 1.51. The Morgan fingerprint density at radius 3 is 2.39 bits per heavy atom. The number of aromatic nitrogens is 4. The topological polar surface area (TPSA) is 55.6 Å². The molecule has 1 N–H and O–H groups in total. The van der Waals surface area contributed by atoms with Crippen molar-refractivity contribution in [3.05, 3.63) is 35.2 Å². The van der Waals surface area contributed by atoms with Crippen molar-refractivity contribution in [2.75, 3.05) is 7.05 Å². The highest BCUT2D eigenvalue weighted by molar-refractivity contribution is 5.48. The van der Waals surface area contributed by atoms with Crippen LogP contribution in [0.2, 0.25) is 0 Å². The third-order valence-electron chi connectivity index (χ3n) is 3.05. The number of hydrogen-bond acceptors (Lipinski definition) is 4. The number of benzene rings is 1. The maximum atomic E-state index is 4.14. The van der Waals surface area contributed by atoms with E-state index >= 15 is 0 Å². The summed E-state index contributed by atoms with van der Waals surface area (Å²) in [7, 11) is 1.89. The summed E-state index contributed by atoms with van der Waals surface area (Å²) in [5, 5.41) is 15.1. The van der Waals surface area contributed by atoms with Crippen molar-refractivity contribution in [1.82, 2.24) is 25.5 Å². The molecule has 0 spiro atoms. The van der Waals surface area contributed by atoms with Gasteiger partial charge in [-0.1, -0.05) is 32.0 Å². The summed E-state index contributed by atoms with van der Waals surface area (Å²) < 4.78 is 1.86. The quantitative estimate of drug-likeness (QED) is 0.867. The second-order valence-electron chi connectivity index (χ2n) is 4.17. The highest BCUT2D eigenvalue weighted by Gasteiger charge is 2.13. The maximum absolute atomic E-state index is 4.14. The summed E-state index contributed by atoms with van der Waals surface area (Å²) in [6.45, 7) is 4.97. The average Bonchev–Trinajstić information content (AvgIpc) is 2.86. The molecule has 0 aliphatic heterocycles. The van der Waals surface area contributed by atoms with Crippen molar-refractivity contribution in [3.8, 4) is 5.69 Å². The molecule has 0 aliphatic rings. The predicted molar refractivity (Wildman–Crippen MR) is 70.7 cm³/mol. The normalized spacial score (nSPS) is 10.8. The molecule has 2 rings (SSSR count). The van der Waals surface area contributed by atoms with Gasteiger partial charge in [0.15, 0.2) is 5.82 Å². The molecule has 1 aromatic heterocycles. The van der Waals surface area contributed by atoms with Crippen LogP contribution in [0.3, 0.4) is 0 Å². The number of para-hydroxylation sites is 1. The summed E-state index contributed by atoms with van der Waals surface area (Å²) in [4.78, 5) is 0. The minimum absolute atomic E-state index is 0.661. The van der Waals surface area contributed by atoms with E-state index in [2.05, 4.69) is 52.9 Å². The molecule has 0 saturated carbocycles. The van der Waals surface area contributed by atoms with Crippen molar-refractivity contribution in [2.24, 2.45) is 0 Å². The lowest BCUT2D eigenvalue weighted by Gasteiger charge is -2.13. The molecular formula is C13H19N5. The van der Waals surface area contributed by atoms with E-state index in [1.807, 2.05) is 11.7 Å². The molecule has 0 aliphatic carbocycles. The van der Waals surface area contributed by atoms with Gasteiger partial charge in [-0.15, -0.1) is 5.10 Å². The minimum atomic E-state index is 0.661. The van der Waals surface area contributed by atoms with Crippen LogP contribution in [0, 0.1) is 0 Å². The van der Waals surface area contributed by atoms with Gasteiger partial charge in [-0.05, 0) is 41.4 Å². The Kier molecular flexibility index (Phi) is 4.04. The fourth-order valence-electron chi connectivity index (χ4n) is 2.13. The van der Waals surface area contributed by atoms with Gasteiger partial charge in [0.25, 0.3) is 0 Å². The Bertz CT molecular complexity index is 496. The summed E-state index contributed by atoms with van der Waals surface area (Å²) in [6, 6.07) is 6.38. The molecule has 2 aromatic rings. The van der Waals surface area contributed by atoms with Crippen LogP contribution in [-0.4, -0.2) is 27.3 Å². The van der Waals surface area contributed by atoms with Gasteiger partial charge < -0.3 is 5.32 Å². The van der Waals surface area contributed by atoms with Crippen molar-refractivity contribution in [3.63, 3.8) is 0 Å². The minimum Gasteiger partial charge on any atom is -0.313 e. The van der Waals surface area contributed by atoms with Crippen LogP contribution in [-0.2, 0) is 19.4 Å². The molecule has 5 heteroatoms. The zero-order valence-corrected chi connectivity index (χ0v) is 11.1. The Hall–Kier alpha value is -1.75. The molecule has 5 nitrogen and oxygen atoms in total. The van der Waals surface area contributed by atoms with Gasteiger partial charge >= 0.3 is 0 Å². The third-order valence-corrected chi connectivity index (χ3v) is 3.05. The van der Waals surface area contributed by atoms with Crippen molar-refractivity contribution < 1.29 is 0 Å². The first-order valence-electron chi connectivity index (χ1n) is 6.34. The molecule has 1 aromatic carbocycles. The molecule has 0 amide bonds. The third kappa shape index (κ3) is 2.26. The van der Waals surface area contributed by atoms with Crippen LogP contribution in [0.25, 0.3) is 5.69 Å². The van der Waals surface area contributed by atoms with Crippen molar-refractivity contribution >= 4 is 0 Å². The van der Waals surface area contributed by atoms with Gasteiger partial charge in [-0.2, -0.15) is 4.68 Å². The number of tetrazole rings is 1. The summed E-state index contributed by atoms with van der Waals surface area (Å²) in [6.07, 6.45) is 1.95. The van der Waals surface area contributed by atoms with Gasteiger partial charge in [0.2, 0.25) is 0 Å². The average molecular weight is 245 g/mol. The van der Waals surface area contributed by atoms with E-state index in [1.54, 1.807) is 0 Å². The smallest absolute Gasteiger partial charge is 0.170 e. The lowest BCUT2D eigenvalue weighted by atomic mass is 10.0. The fraction of sp³-hybridized carbons (Fsp3) is 0.462. The van der Waals surface area contributed by atoms with Gasteiger partial charge in [0.1, 0.15) is 0 Å². The fourth-order valence-corrected chi connectivity index (χ4v) is 2.13. The lowest BCUT2D eigenvalue weighted by Crippen LogP contribution is -2.14. The molecule has 0 saturated heterocycles. The number of hydrogen-bond donors (Lipinski definition) is 1. The summed E-state index contributed by atoms with van der Waals surface area (Å²) >= 11 is 0. The van der Waals surface area contributed by atoms with Gasteiger partial charge in [0, 0.05) is 0 Å². The number of nitrogens with zero attached hydrogens (tertiary/aromatic N) is 4. The second-order valence-corrected chi connectivity index (χ2v) is 4.17. The van der Waals surface area contributed by atoms with E-state index in [9.17, 15) is 0 Å². The molecule has 0 radical (unpaired) electrons. The van der Waals surface area contributed by atoms with Crippen LogP contribution in [0.4, 0.5) is 0 Å². The van der Waals surface area contributed by atoms with E-state index < -0.39 is 0 Å². The van der Waals surface area contributed by atoms with E-state index in [1.165, 1.54) is 11.1 Å². The summed E-state index contributed by atoms with van der Waals surface area (Å²) in [5.74, 6) is 0.841. The molecular weight excluding hydrogens is 226 g/mol. The first kappa shape index (κ1) is 12.7. The lowest BCUT2D eigenvalue weighted by molar-refractivity contribution is 0.700. The van der Waals surface area contributed by atoms with Crippen LogP contribution in [0.1, 0.15) is 30.8 Å². The monoisotopic (exact) mass is 245 g/mol. The number of rotatable bonds is 5. The standard InChI is InChI=1S/C13H19N5/c1-4-10-7-6-8-11(5-2)13(10)18-12(9-14-3)15-16-17-18/h6-8,14H,4-5,9H2,1-3H3. The van der Waals surface area contributed by atoms with E-state index in [0.717, 1.165) is 24.4 Å². The molecule has 0 unspecified atom stereocenters. The van der Waals surface area contributed by atoms with Gasteiger partial charge in [-0.25, -0.2) is 0 Å². The van der Waals surface area contributed by atoms with Gasteiger partial charge in [0.05, 0.1) is 12.2 Å². The Morgan fingerprint density at radius 2 is 1.83 bits per heavy atom. The zero-order chi connectivity index (χ0) is 13.0. The highest BCUT2D eigenvalue weighted by atomic mass is 15.5. The van der Waals surface area contributed by atoms with E-state index in [0.29, 0.717) is 6.54 Å². The highest BCUT2D eigenvalue weighted by Crippen LogP contribution is 2.21. The van der Waals surface area contributed by atoms with Crippen molar-refractivity contribution in [2.45, 2.75) is 33.2 Å². The second kappa shape index (κ2) is 5.73. The number of nitrogens with one attached hydrogen (secondary N) is 1. The van der Waals surface area contributed by atoms with Crippen LogP contribution in [0.15, 0.2) is 18.2 Å². The van der Waals surface area contributed by atoms with Crippen molar-refractivity contribution in [1.29, 1.82) is 0 Å². The molecule has 18 heavy (non-hydrogen) atoms. The summed E-state index contributed by atoms with van der Waals surface area (Å²) in [5.41, 5.74) is 3.69. The maximum Gasteiger partial charge on any atom is 0.170 e. The molecule has 0 atom stereocenters. The van der Waals surface area contributed by atoms with E-state index in [-0.39, 0.29) is 0 Å². The Labute approximate surface area is 107 Å². The molecule has 1 heterocycles. The Balaban J connectivity index is 2.57. The number of aryl methyl sites for hydroxylation is 2. The first-order valence-corrected chi connectivity index (χ1v) is 6.34. The first-order chi connectivity index (χ1) is 8.81. The van der Waals surface area contributed by atoms with E-state index in [4.69, 9.17) is 0 Å². The molecule has 0 fully saturated rings.